The minimum atomic E-state index is -0.485. The van der Waals surface area contributed by atoms with E-state index < -0.39 is 5.91 Å². The number of anilines is 4. The Morgan fingerprint density at radius 3 is 2.00 bits per heavy atom. The molecule has 1 heterocycles. The van der Waals surface area contributed by atoms with Crippen LogP contribution in [0.1, 0.15) is 24.2 Å². The Kier molecular flexibility index (Phi) is 7.60. The predicted molar refractivity (Wildman–Crippen MR) is 127 cm³/mol. The lowest BCUT2D eigenvalue weighted by Gasteiger charge is -2.10. The van der Waals surface area contributed by atoms with Gasteiger partial charge in [0.1, 0.15) is 12.3 Å². The number of carbonyl (C=O) groups excluding carboxylic acids is 4. The maximum atomic E-state index is 12.8. The van der Waals surface area contributed by atoms with Crippen LogP contribution in [0.5, 0.6) is 5.75 Å². The highest BCUT2D eigenvalue weighted by atomic mass is 16.5. The molecular weight excluding hydrogens is 440 g/mol. The molecule has 0 radical (unpaired) electrons. The number of ether oxygens (including phenoxy) is 1. The van der Waals surface area contributed by atoms with E-state index in [2.05, 4.69) is 26.4 Å². The summed E-state index contributed by atoms with van der Waals surface area (Å²) in [6.07, 6.45) is 2.92. The molecule has 4 amide bonds. The van der Waals surface area contributed by atoms with Gasteiger partial charge in [0.25, 0.3) is 5.91 Å². The Bertz CT molecular complexity index is 1180. The molecule has 0 unspecified atom stereocenters. The van der Waals surface area contributed by atoms with E-state index in [4.69, 9.17) is 4.74 Å². The average molecular weight is 464 g/mol. The van der Waals surface area contributed by atoms with E-state index in [0.29, 0.717) is 28.5 Å². The summed E-state index contributed by atoms with van der Waals surface area (Å²) in [5.41, 5.74) is 1.90. The van der Waals surface area contributed by atoms with Gasteiger partial charge in [-0.25, -0.2) is 0 Å². The van der Waals surface area contributed by atoms with E-state index in [-0.39, 0.29) is 29.8 Å². The van der Waals surface area contributed by atoms with Crippen molar-refractivity contribution in [3.05, 3.63) is 60.4 Å². The number of methoxy groups -OCH3 is 1. The molecule has 4 N–H and O–H groups in total. The van der Waals surface area contributed by atoms with Gasteiger partial charge in [0, 0.05) is 42.7 Å². The van der Waals surface area contributed by atoms with Crippen LogP contribution < -0.4 is 26.0 Å². The Morgan fingerprint density at radius 1 is 0.824 bits per heavy atom. The second kappa shape index (κ2) is 10.8. The third kappa shape index (κ3) is 6.92. The number of amides is 4. The summed E-state index contributed by atoms with van der Waals surface area (Å²) >= 11 is 0. The van der Waals surface area contributed by atoms with Gasteiger partial charge < -0.3 is 26.0 Å². The number of nitrogens with one attached hydrogen (secondary N) is 4. The highest BCUT2D eigenvalue weighted by Gasteiger charge is 2.13. The molecule has 3 aromatic rings. The number of hydrogen-bond acceptors (Lipinski definition) is 6. The van der Waals surface area contributed by atoms with Crippen molar-refractivity contribution in [2.24, 2.45) is 0 Å². The molecule has 11 nitrogen and oxygen atoms in total. The van der Waals surface area contributed by atoms with Crippen molar-refractivity contribution in [3.8, 4) is 5.75 Å². The molecule has 1 aromatic heterocycles. The number of nitrogens with zero attached hydrogens (tertiary/aromatic N) is 2. The van der Waals surface area contributed by atoms with Crippen molar-refractivity contribution in [1.29, 1.82) is 0 Å². The molecule has 34 heavy (non-hydrogen) atoms. The van der Waals surface area contributed by atoms with Gasteiger partial charge >= 0.3 is 0 Å². The molecule has 0 fully saturated rings. The maximum absolute atomic E-state index is 12.8. The predicted octanol–water partition coefficient (Wildman–Crippen LogP) is 2.70. The SMILES string of the molecule is COc1ccc(NC(=O)Cn2cc(NC(=O)c3cc(NC(C)=O)cc(NC(C)=O)c3)cn2)cc1. The Hall–Kier alpha value is -4.67. The standard InChI is InChI=1S/C23H24N6O5/c1-14(30)25-18-8-16(9-19(10-18)26-15(2)31)23(33)28-20-11-24-29(12-20)13-22(32)27-17-4-6-21(34-3)7-5-17/h4-12H,13H2,1-3H3,(H,25,30)(H,26,31)(H,27,32)(H,28,33). The van der Waals surface area contributed by atoms with Crippen LogP contribution in [0.2, 0.25) is 0 Å². The van der Waals surface area contributed by atoms with E-state index in [9.17, 15) is 19.2 Å². The number of benzene rings is 2. The van der Waals surface area contributed by atoms with E-state index in [0.717, 1.165) is 0 Å². The fourth-order valence-corrected chi connectivity index (χ4v) is 3.05. The average Bonchev–Trinajstić information content (AvgIpc) is 3.19. The van der Waals surface area contributed by atoms with Crippen LogP contribution in [-0.4, -0.2) is 40.5 Å². The topological polar surface area (TPSA) is 143 Å². The van der Waals surface area contributed by atoms with Gasteiger partial charge in [-0.2, -0.15) is 5.10 Å². The highest BCUT2D eigenvalue weighted by molar-refractivity contribution is 6.06. The van der Waals surface area contributed by atoms with Crippen molar-refractivity contribution in [3.63, 3.8) is 0 Å². The molecule has 0 saturated carbocycles. The van der Waals surface area contributed by atoms with E-state index in [1.54, 1.807) is 37.4 Å². The summed E-state index contributed by atoms with van der Waals surface area (Å²) in [7, 11) is 1.56. The van der Waals surface area contributed by atoms with Crippen molar-refractivity contribution in [1.82, 2.24) is 9.78 Å². The molecule has 11 heteroatoms. The Balaban J connectivity index is 1.65. The van der Waals surface area contributed by atoms with E-state index >= 15 is 0 Å². The largest absolute Gasteiger partial charge is 0.497 e. The number of aromatic nitrogens is 2. The first-order valence-electron chi connectivity index (χ1n) is 10.2. The summed E-state index contributed by atoms with van der Waals surface area (Å²) in [6, 6.07) is 11.4. The minimum Gasteiger partial charge on any atom is -0.497 e. The number of carbonyl (C=O) groups is 4. The van der Waals surface area contributed by atoms with Crippen LogP contribution in [0.25, 0.3) is 0 Å². The van der Waals surface area contributed by atoms with Crippen LogP contribution >= 0.6 is 0 Å². The summed E-state index contributed by atoms with van der Waals surface area (Å²) in [5, 5.41) is 14.7. The normalized spacial score (nSPS) is 10.2. The van der Waals surface area contributed by atoms with Crippen molar-refractivity contribution in [2.75, 3.05) is 28.4 Å². The smallest absolute Gasteiger partial charge is 0.255 e. The van der Waals surface area contributed by atoms with Gasteiger partial charge in [-0.15, -0.1) is 0 Å². The van der Waals surface area contributed by atoms with Crippen molar-refractivity contribution in [2.45, 2.75) is 20.4 Å². The van der Waals surface area contributed by atoms with Crippen LogP contribution in [0.4, 0.5) is 22.7 Å². The quantitative estimate of drug-likeness (QED) is 0.404. The van der Waals surface area contributed by atoms with Gasteiger partial charge in [-0.1, -0.05) is 0 Å². The second-order valence-electron chi connectivity index (χ2n) is 7.32. The summed E-state index contributed by atoms with van der Waals surface area (Å²) in [6.45, 7) is 2.61. The first-order chi connectivity index (χ1) is 16.2. The molecule has 0 spiro atoms. The summed E-state index contributed by atoms with van der Waals surface area (Å²) in [5.74, 6) is -0.742. The molecule has 0 bridgehead atoms. The first-order valence-corrected chi connectivity index (χ1v) is 10.2. The molecule has 0 aliphatic carbocycles. The molecule has 0 saturated heterocycles. The third-order valence-corrected chi connectivity index (χ3v) is 4.41. The molecule has 0 atom stereocenters. The fourth-order valence-electron chi connectivity index (χ4n) is 3.05. The summed E-state index contributed by atoms with van der Waals surface area (Å²) in [4.78, 5) is 47.8. The molecule has 2 aromatic carbocycles. The molecule has 3 rings (SSSR count). The van der Waals surface area contributed by atoms with Gasteiger partial charge in [-0.05, 0) is 42.5 Å². The van der Waals surface area contributed by atoms with Crippen molar-refractivity contribution < 1.29 is 23.9 Å². The molecule has 0 aliphatic heterocycles. The lowest BCUT2D eigenvalue weighted by molar-refractivity contribution is -0.117. The zero-order valence-electron chi connectivity index (χ0n) is 18.8. The molecular formula is C23H24N6O5. The van der Waals surface area contributed by atoms with Gasteiger partial charge in [0.2, 0.25) is 17.7 Å². The Labute approximate surface area is 195 Å². The van der Waals surface area contributed by atoms with E-state index in [1.807, 2.05) is 0 Å². The highest BCUT2D eigenvalue weighted by Crippen LogP contribution is 2.21. The first kappa shape index (κ1) is 24.0. The lowest BCUT2D eigenvalue weighted by atomic mass is 10.1. The van der Waals surface area contributed by atoms with E-state index in [1.165, 1.54) is 43.1 Å². The van der Waals surface area contributed by atoms with Crippen LogP contribution in [0.3, 0.4) is 0 Å². The lowest BCUT2D eigenvalue weighted by Crippen LogP contribution is -2.19. The maximum Gasteiger partial charge on any atom is 0.255 e. The zero-order chi connectivity index (χ0) is 24.7. The second-order valence-corrected chi connectivity index (χ2v) is 7.32. The van der Waals surface area contributed by atoms with Crippen LogP contribution in [0, 0.1) is 0 Å². The zero-order valence-corrected chi connectivity index (χ0v) is 18.8. The van der Waals surface area contributed by atoms with Gasteiger partial charge in [0.05, 0.1) is 19.0 Å². The number of rotatable bonds is 8. The Morgan fingerprint density at radius 2 is 1.44 bits per heavy atom. The number of hydrogen-bond donors (Lipinski definition) is 4. The fraction of sp³-hybridized carbons (Fsp3) is 0.174. The van der Waals surface area contributed by atoms with Gasteiger partial charge in [0.15, 0.2) is 0 Å². The summed E-state index contributed by atoms with van der Waals surface area (Å²) < 4.78 is 6.46. The monoisotopic (exact) mass is 464 g/mol. The van der Waals surface area contributed by atoms with Crippen LogP contribution in [0.15, 0.2) is 54.9 Å². The van der Waals surface area contributed by atoms with Gasteiger partial charge in [-0.3, -0.25) is 23.9 Å². The van der Waals surface area contributed by atoms with Crippen LogP contribution in [-0.2, 0) is 20.9 Å². The van der Waals surface area contributed by atoms with Crippen molar-refractivity contribution >= 4 is 46.4 Å². The molecule has 0 aliphatic rings. The minimum absolute atomic E-state index is 0.0629. The third-order valence-electron chi connectivity index (χ3n) is 4.41. The molecule has 176 valence electrons.